The van der Waals surface area contributed by atoms with Crippen molar-refractivity contribution in [1.29, 1.82) is 0 Å². The molecule has 3 aromatic rings. The second kappa shape index (κ2) is 14.5. The third-order valence-electron chi connectivity index (χ3n) is 6.58. The fraction of sp³-hybridized carbons (Fsp3) is 0.387. The molecule has 4 heteroatoms. The Kier molecular flexibility index (Phi) is 11.8. The van der Waals surface area contributed by atoms with Gasteiger partial charge in [0.2, 0.25) is 0 Å². The van der Waals surface area contributed by atoms with Crippen molar-refractivity contribution in [2.45, 2.75) is 45.9 Å². The summed E-state index contributed by atoms with van der Waals surface area (Å²) in [6.45, 7) is 5.65. The Hall–Kier alpha value is -2.85. The fourth-order valence-corrected chi connectivity index (χ4v) is 4.64. The van der Waals surface area contributed by atoms with Crippen molar-refractivity contribution in [2.24, 2.45) is 0 Å². The SMILES string of the molecule is CCCC(=O)OCC[N+](C)(C)C.CCCC[B-](c1ccccc1)(c1ccccc1)c1ccccc1. The molecule has 0 aromatic heterocycles. The van der Waals surface area contributed by atoms with Crippen molar-refractivity contribution in [3.63, 3.8) is 0 Å². The van der Waals surface area contributed by atoms with E-state index in [-0.39, 0.29) is 5.97 Å². The minimum absolute atomic E-state index is 0.0778. The maximum Gasteiger partial charge on any atom is 0.305 e. The lowest BCUT2D eigenvalue weighted by atomic mass is 9.14. The van der Waals surface area contributed by atoms with Crippen molar-refractivity contribution in [1.82, 2.24) is 0 Å². The summed E-state index contributed by atoms with van der Waals surface area (Å²) < 4.78 is 5.84. The maximum absolute atomic E-state index is 10.9. The van der Waals surface area contributed by atoms with E-state index in [4.69, 9.17) is 4.74 Å². The minimum Gasteiger partial charge on any atom is -0.460 e. The molecule has 0 radical (unpaired) electrons. The van der Waals surface area contributed by atoms with Gasteiger partial charge in [-0.1, -0.05) is 118 Å². The first-order valence-electron chi connectivity index (χ1n) is 13.1. The van der Waals surface area contributed by atoms with Crippen molar-refractivity contribution in [3.05, 3.63) is 91.0 Å². The van der Waals surface area contributed by atoms with Gasteiger partial charge in [-0.2, -0.15) is 22.7 Å². The number of esters is 1. The highest BCUT2D eigenvalue weighted by Gasteiger charge is 2.28. The lowest BCUT2D eigenvalue weighted by Crippen LogP contribution is -2.66. The summed E-state index contributed by atoms with van der Waals surface area (Å²) in [4.78, 5) is 10.9. The highest BCUT2D eigenvalue weighted by atomic mass is 16.5. The summed E-state index contributed by atoms with van der Waals surface area (Å²) in [7, 11) is 6.23. The smallest absolute Gasteiger partial charge is 0.305 e. The Morgan fingerprint density at radius 3 is 1.49 bits per heavy atom. The van der Waals surface area contributed by atoms with E-state index in [1.807, 2.05) is 6.92 Å². The predicted molar refractivity (Wildman–Crippen MR) is 152 cm³/mol. The van der Waals surface area contributed by atoms with Gasteiger partial charge >= 0.3 is 5.97 Å². The number of unbranched alkanes of at least 4 members (excludes halogenated alkanes) is 1. The summed E-state index contributed by atoms with van der Waals surface area (Å²) in [6, 6.07) is 33.2. The van der Waals surface area contributed by atoms with Gasteiger partial charge in [0, 0.05) is 6.42 Å². The molecule has 188 valence electrons. The van der Waals surface area contributed by atoms with Crippen molar-refractivity contribution < 1.29 is 14.0 Å². The van der Waals surface area contributed by atoms with Gasteiger partial charge < -0.3 is 9.22 Å². The van der Waals surface area contributed by atoms with Crippen molar-refractivity contribution in [2.75, 3.05) is 34.3 Å². The predicted octanol–water partition coefficient (Wildman–Crippen LogP) is 4.99. The molecule has 0 atom stereocenters. The van der Waals surface area contributed by atoms with E-state index in [0.29, 0.717) is 13.0 Å². The highest BCUT2D eigenvalue weighted by Crippen LogP contribution is 2.16. The van der Waals surface area contributed by atoms with Crippen LogP contribution in [0.15, 0.2) is 91.0 Å². The third kappa shape index (κ3) is 9.03. The molecule has 0 amide bonds. The van der Waals surface area contributed by atoms with Crippen LogP contribution in [0.25, 0.3) is 0 Å². The largest absolute Gasteiger partial charge is 0.460 e. The third-order valence-corrected chi connectivity index (χ3v) is 6.58. The van der Waals surface area contributed by atoms with Crippen LogP contribution in [0.1, 0.15) is 39.5 Å². The van der Waals surface area contributed by atoms with E-state index in [1.54, 1.807) is 0 Å². The number of hydrogen-bond donors (Lipinski definition) is 0. The average molecular weight is 474 g/mol. The number of quaternary nitrogens is 1. The molecular formula is C31H44BNO2. The molecule has 0 bridgehead atoms. The normalized spacial score (nSPS) is 11.3. The molecule has 0 saturated carbocycles. The first-order valence-corrected chi connectivity index (χ1v) is 13.1. The van der Waals surface area contributed by atoms with Gasteiger partial charge in [0.1, 0.15) is 13.2 Å². The maximum atomic E-state index is 10.9. The Morgan fingerprint density at radius 1 is 0.714 bits per heavy atom. The zero-order valence-electron chi connectivity index (χ0n) is 22.5. The van der Waals surface area contributed by atoms with Crippen LogP contribution >= 0.6 is 0 Å². The van der Waals surface area contributed by atoms with E-state index in [0.717, 1.165) is 17.4 Å². The minimum atomic E-state index is -0.913. The summed E-state index contributed by atoms with van der Waals surface area (Å²) >= 11 is 0. The number of ether oxygens (including phenoxy) is 1. The molecule has 3 nitrogen and oxygen atoms in total. The molecule has 3 aromatic carbocycles. The van der Waals surface area contributed by atoms with Crippen molar-refractivity contribution >= 4 is 28.5 Å². The molecule has 0 aliphatic carbocycles. The van der Waals surface area contributed by atoms with Crippen LogP contribution in [0.3, 0.4) is 0 Å². The lowest BCUT2D eigenvalue weighted by Gasteiger charge is -2.43. The van der Waals surface area contributed by atoms with Crippen LogP contribution in [0.4, 0.5) is 0 Å². The van der Waals surface area contributed by atoms with Gasteiger partial charge in [-0.05, 0) is 6.42 Å². The van der Waals surface area contributed by atoms with E-state index >= 15 is 0 Å². The number of carbonyl (C=O) groups excluding carboxylic acids is 1. The number of likely N-dealkylation sites (N-methyl/N-ethyl adjacent to an activating group) is 1. The number of hydrogen-bond acceptors (Lipinski definition) is 2. The standard InChI is InChI=1S/C22H24B.C9H20NO2/c1-2-3-19-23(20-13-7-4-8-14-20,21-15-9-5-10-16-21)22-17-11-6-12-18-22;1-5-6-9(11)12-8-7-10(2,3)4/h4-18H,2-3,19H2,1H3;5-8H2,1-4H3/q-1;+1. The second-order valence-corrected chi connectivity index (χ2v) is 10.4. The molecule has 3 rings (SSSR count). The summed E-state index contributed by atoms with van der Waals surface area (Å²) in [5, 5.41) is 0. The molecule has 0 aliphatic heterocycles. The van der Waals surface area contributed by atoms with E-state index in [1.165, 1.54) is 35.6 Å². The van der Waals surface area contributed by atoms with Crippen LogP contribution in [0, 0.1) is 0 Å². The Balaban J connectivity index is 0.000000307. The summed E-state index contributed by atoms with van der Waals surface area (Å²) in [6.07, 6.45) is 4.13. The molecule has 0 aliphatic rings. The van der Waals surface area contributed by atoms with E-state index < -0.39 is 6.15 Å². The van der Waals surface area contributed by atoms with Gasteiger partial charge in [0.25, 0.3) is 0 Å². The molecule has 0 unspecified atom stereocenters. The summed E-state index contributed by atoms with van der Waals surface area (Å²) in [5.74, 6) is -0.0778. The Labute approximate surface area is 213 Å². The average Bonchev–Trinajstić information content (AvgIpc) is 2.86. The monoisotopic (exact) mass is 473 g/mol. The van der Waals surface area contributed by atoms with Crippen molar-refractivity contribution in [3.8, 4) is 0 Å². The van der Waals surface area contributed by atoms with E-state index in [2.05, 4.69) is 119 Å². The van der Waals surface area contributed by atoms with Gasteiger partial charge in [0.05, 0.1) is 27.3 Å². The van der Waals surface area contributed by atoms with Gasteiger partial charge in [-0.15, -0.1) is 0 Å². The zero-order valence-corrected chi connectivity index (χ0v) is 22.5. The van der Waals surface area contributed by atoms with Crippen LogP contribution in [-0.2, 0) is 9.53 Å². The molecule has 0 spiro atoms. The summed E-state index contributed by atoms with van der Waals surface area (Å²) in [5.41, 5.74) is 4.33. The topological polar surface area (TPSA) is 26.3 Å². The van der Waals surface area contributed by atoms with Gasteiger partial charge in [0.15, 0.2) is 0 Å². The molecule has 0 N–H and O–H groups in total. The quantitative estimate of drug-likeness (QED) is 0.223. The van der Waals surface area contributed by atoms with Gasteiger partial charge in [-0.3, -0.25) is 4.79 Å². The zero-order chi connectivity index (χ0) is 25.6. The molecule has 35 heavy (non-hydrogen) atoms. The fourth-order valence-electron chi connectivity index (χ4n) is 4.64. The van der Waals surface area contributed by atoms with Crippen LogP contribution in [0.5, 0.6) is 0 Å². The molecular weight excluding hydrogens is 429 g/mol. The number of carbonyl (C=O) groups is 1. The molecule has 0 heterocycles. The number of rotatable bonds is 11. The van der Waals surface area contributed by atoms with Crippen LogP contribution < -0.4 is 16.4 Å². The second-order valence-electron chi connectivity index (χ2n) is 10.4. The molecule has 0 fully saturated rings. The Bertz CT molecular complexity index is 872. The molecule has 0 saturated heterocycles. The van der Waals surface area contributed by atoms with Crippen LogP contribution in [-0.4, -0.2) is 50.9 Å². The number of benzene rings is 3. The first-order chi connectivity index (χ1) is 16.8. The highest BCUT2D eigenvalue weighted by molar-refractivity contribution is 7.11. The van der Waals surface area contributed by atoms with E-state index in [9.17, 15) is 4.79 Å². The van der Waals surface area contributed by atoms with Crippen LogP contribution in [0.2, 0.25) is 6.32 Å². The van der Waals surface area contributed by atoms with Gasteiger partial charge in [-0.25, -0.2) is 0 Å². The lowest BCUT2D eigenvalue weighted by molar-refractivity contribution is -0.870. The Morgan fingerprint density at radius 2 is 1.14 bits per heavy atom. The first kappa shape index (κ1) is 28.4. The number of nitrogens with zero attached hydrogens (tertiary/aromatic N) is 1.